The number of hydrogen-bond acceptors (Lipinski definition) is 0. The van der Waals surface area contributed by atoms with Crippen molar-refractivity contribution in [3.63, 3.8) is 0 Å². The second kappa shape index (κ2) is 2.52. The average molecular weight is 127 g/mol. The Balaban J connectivity index is 4.08. The zero-order valence-electron chi connectivity index (χ0n) is 19.1. The van der Waals surface area contributed by atoms with Gasteiger partial charge in [-0.25, -0.2) is 0 Å². The van der Waals surface area contributed by atoms with Crippen molar-refractivity contribution in [2.45, 2.75) is 39.2 Å². The van der Waals surface area contributed by atoms with Crippen LogP contribution in [0.4, 0.5) is 0 Å². The van der Waals surface area contributed by atoms with Crippen molar-refractivity contribution in [1.29, 1.82) is 0 Å². The highest BCUT2D eigenvalue weighted by Gasteiger charge is 2.15. The first-order valence-electron chi connectivity index (χ1n) is 9.69. The molecule has 0 N–H and O–H groups in total. The Morgan fingerprint density at radius 1 is 1.50 bits per heavy atom. The van der Waals surface area contributed by atoms with Crippen LogP contribution in [-0.2, 0) is 0 Å². The van der Waals surface area contributed by atoms with Crippen molar-refractivity contribution in [3.8, 4) is 0 Å². The zero-order valence-corrected chi connectivity index (χ0v) is 4.08. The van der Waals surface area contributed by atoms with Gasteiger partial charge in [-0.3, -0.25) is 0 Å². The minimum atomic E-state index is -3.90. The molecule has 1 fully saturated rings. The van der Waals surface area contributed by atoms with Crippen molar-refractivity contribution < 1.29 is 20.6 Å². The summed E-state index contributed by atoms with van der Waals surface area (Å²) in [5.41, 5.74) is 0. The van der Waals surface area contributed by atoms with Gasteiger partial charge in [0, 0.05) is 20.6 Å². The van der Waals surface area contributed by atoms with Gasteiger partial charge >= 0.3 is 0 Å². The predicted molar refractivity (Wildman–Crippen MR) is 36.8 cm³/mol. The molecule has 0 amide bonds. The van der Waals surface area contributed by atoms with Gasteiger partial charge in [0.25, 0.3) is 0 Å². The van der Waals surface area contributed by atoms with E-state index in [2.05, 4.69) is 0 Å². The summed E-state index contributed by atoms with van der Waals surface area (Å²) in [5.74, 6) is -7.64. The van der Waals surface area contributed by atoms with Gasteiger partial charge in [0.05, 0.1) is 0 Å². The number of rotatable bonds is 0. The summed E-state index contributed by atoms with van der Waals surface area (Å²) >= 11 is 0. The van der Waals surface area contributed by atoms with Crippen LogP contribution in [0.3, 0.4) is 0 Å². The van der Waals surface area contributed by atoms with E-state index in [0.717, 1.165) is 0 Å². The lowest BCUT2D eigenvalue weighted by atomic mass is 9.82. The summed E-state index contributed by atoms with van der Waals surface area (Å²) in [6.45, 7) is -6.56. The van der Waals surface area contributed by atoms with Crippen molar-refractivity contribution in [3.05, 3.63) is 0 Å². The lowest BCUT2D eigenvalue weighted by Gasteiger charge is -2.24. The third-order valence-corrected chi connectivity index (χ3v) is 0.717. The van der Waals surface area contributed by atoms with Gasteiger partial charge in [-0.05, 0) is 11.8 Å². The summed E-state index contributed by atoms with van der Waals surface area (Å²) in [5, 5.41) is 0. The molecule has 0 saturated heterocycles. The van der Waals surface area contributed by atoms with Crippen LogP contribution in [0.5, 0.6) is 0 Å². The van der Waals surface area contributed by atoms with E-state index in [1.807, 2.05) is 0 Å². The van der Waals surface area contributed by atoms with Crippen LogP contribution in [0.2, 0.25) is 0 Å². The second-order valence-corrected chi connectivity index (χ2v) is 1.29. The van der Waals surface area contributed by atoms with E-state index in [-0.39, 0.29) is 0 Å². The molecule has 0 heterocycles. The summed E-state index contributed by atoms with van der Waals surface area (Å²) in [7, 11) is 0. The fourth-order valence-corrected chi connectivity index (χ4v) is 0.322. The maximum atomic E-state index is 8.04. The minimum Gasteiger partial charge on any atom is -0.0623 e. The monoisotopic (exact) mass is 127 g/mol. The van der Waals surface area contributed by atoms with Gasteiger partial charge in [-0.15, -0.1) is 0 Å². The van der Waals surface area contributed by atoms with Crippen LogP contribution < -0.4 is 0 Å². The molecule has 0 bridgehead atoms. The predicted octanol–water partition coefficient (Wildman–Crippen LogP) is 2.83. The largest absolute Gasteiger partial charge is 0.0623 e. The molecule has 1 aliphatic carbocycles. The summed E-state index contributed by atoms with van der Waals surface area (Å²) in [4.78, 5) is 0. The number of hydrogen-bond donors (Lipinski definition) is 0. The molecule has 0 heteroatoms. The first kappa shape index (κ1) is 0.741. The highest BCUT2D eigenvalue weighted by molar-refractivity contribution is 4.67. The third kappa shape index (κ3) is 1.24. The maximum Gasteiger partial charge on any atom is 0.0303 e. The van der Waals surface area contributed by atoms with Crippen LogP contribution in [0, 0.1) is 11.8 Å². The van der Waals surface area contributed by atoms with Gasteiger partial charge in [0.15, 0.2) is 0 Å². The first-order chi connectivity index (χ1) is 9.69. The van der Waals surface area contributed by atoms with Crippen LogP contribution in [0.15, 0.2) is 0 Å². The zero-order chi connectivity index (χ0) is 19.1. The van der Waals surface area contributed by atoms with E-state index in [9.17, 15) is 0 Å². The molecular weight excluding hydrogens is 96.1 g/mol. The molecule has 2 unspecified atom stereocenters. The molecule has 8 heavy (non-hydrogen) atoms. The van der Waals surface area contributed by atoms with Crippen molar-refractivity contribution >= 4 is 0 Å². The van der Waals surface area contributed by atoms with E-state index >= 15 is 0 Å². The molecule has 0 aromatic heterocycles. The van der Waals surface area contributed by atoms with Gasteiger partial charge in [-0.2, -0.15) is 0 Å². The van der Waals surface area contributed by atoms with Gasteiger partial charge in [-0.1, -0.05) is 39.2 Å². The fraction of sp³-hybridized carbons (Fsp3) is 1.00. The van der Waals surface area contributed by atoms with Gasteiger partial charge in [0.1, 0.15) is 0 Å². The SMILES string of the molecule is [2H]C([2H])C1([2H])C([2H])([2H])C([2H])([2H])C([2H])([2H])C([2H])([2H])C1([2H])C([2H])([2H])[2H]. The lowest BCUT2D eigenvalue weighted by Crippen LogP contribution is -2.12. The first-order valence-corrected chi connectivity index (χ1v) is 2.04. The minimum absolute atomic E-state index is 2.77. The maximum absolute atomic E-state index is 8.04. The lowest BCUT2D eigenvalue weighted by molar-refractivity contribution is 0.277. The quantitative estimate of drug-likeness (QED) is 0.469. The summed E-state index contributed by atoms with van der Waals surface area (Å²) < 4.78 is 115. The molecule has 0 aliphatic heterocycles. The van der Waals surface area contributed by atoms with E-state index < -0.39 is 51.0 Å². The van der Waals surface area contributed by atoms with Gasteiger partial charge < -0.3 is 0 Å². The van der Waals surface area contributed by atoms with Gasteiger partial charge in [0.2, 0.25) is 0 Å². The standard InChI is InChI=1S/C8H16/c1-7-5-3-4-6-8(7)2/h7-8H,3-6H2,1-2H3/i1D2,2D3,3D2,4D2,5D2,6D2,7D,8D. The molecule has 0 nitrogen and oxygen atoms in total. The molecule has 0 aromatic rings. The van der Waals surface area contributed by atoms with Crippen LogP contribution in [0.25, 0.3) is 0 Å². The highest BCUT2D eigenvalue weighted by Crippen LogP contribution is 2.28. The average Bonchev–Trinajstić information content (AvgIpc) is 2.32. The molecule has 1 saturated carbocycles. The highest BCUT2D eigenvalue weighted by atomic mass is 14.2. The molecule has 2 atom stereocenters. The summed E-state index contributed by atoms with van der Waals surface area (Å²) in [6, 6.07) is 0. The Kier molecular flexibility index (Phi) is 0.233. The Morgan fingerprint density at radius 2 is 2.25 bits per heavy atom. The Morgan fingerprint density at radius 3 is 2.88 bits per heavy atom. The molecule has 0 radical (unpaired) electrons. The van der Waals surface area contributed by atoms with Crippen molar-refractivity contribution in [1.82, 2.24) is 0 Å². The van der Waals surface area contributed by atoms with Crippen LogP contribution in [-0.4, -0.2) is 0 Å². The Hall–Kier alpha value is 0. The van der Waals surface area contributed by atoms with E-state index in [0.29, 0.717) is 0 Å². The normalized spacial score (nSPS) is 113. The molecule has 48 valence electrons. The Bertz CT molecular complexity index is 488. The topological polar surface area (TPSA) is 0 Å². The summed E-state index contributed by atoms with van der Waals surface area (Å²) in [6.07, 6.45) is -15.3. The van der Waals surface area contributed by atoms with E-state index in [1.54, 1.807) is 0 Å². The fourth-order valence-electron chi connectivity index (χ4n) is 0.322. The van der Waals surface area contributed by atoms with Crippen molar-refractivity contribution in [2.75, 3.05) is 0 Å². The van der Waals surface area contributed by atoms with E-state index in [1.165, 1.54) is 0 Å². The smallest absolute Gasteiger partial charge is 0.0303 e. The molecule has 1 aliphatic rings. The Labute approximate surface area is 73.4 Å². The van der Waals surface area contributed by atoms with E-state index in [4.69, 9.17) is 20.6 Å². The van der Waals surface area contributed by atoms with Crippen LogP contribution in [0.1, 0.15) is 59.8 Å². The molecule has 0 aromatic carbocycles. The molecule has 1 rings (SSSR count). The molecular formula is C8H16. The second-order valence-electron chi connectivity index (χ2n) is 1.29. The van der Waals surface area contributed by atoms with Crippen LogP contribution >= 0.6 is 0 Å². The van der Waals surface area contributed by atoms with Crippen molar-refractivity contribution in [2.24, 2.45) is 11.8 Å². The molecule has 0 spiro atoms. The third-order valence-electron chi connectivity index (χ3n) is 0.717.